The van der Waals surface area contributed by atoms with Crippen LogP contribution in [0.15, 0.2) is 54.6 Å². The molecule has 0 aliphatic rings. The molecule has 5 nitrogen and oxygen atoms in total. The zero-order valence-electron chi connectivity index (χ0n) is 15.0. The van der Waals surface area contributed by atoms with Crippen molar-refractivity contribution in [1.82, 2.24) is 4.90 Å². The van der Waals surface area contributed by atoms with Crippen LogP contribution in [0.5, 0.6) is 0 Å². The topological polar surface area (TPSA) is 52.7 Å². The average molecular weight is 339 g/mol. The predicted molar refractivity (Wildman–Crippen MR) is 102 cm³/mol. The van der Waals surface area contributed by atoms with E-state index in [-0.39, 0.29) is 18.4 Å². The van der Waals surface area contributed by atoms with Crippen molar-refractivity contribution in [1.29, 1.82) is 0 Å². The summed E-state index contributed by atoms with van der Waals surface area (Å²) in [5.74, 6) is -0.00840. The Morgan fingerprint density at radius 2 is 1.52 bits per heavy atom. The third-order valence-corrected chi connectivity index (χ3v) is 4.14. The van der Waals surface area contributed by atoms with Crippen LogP contribution in [0.2, 0.25) is 0 Å². The second-order valence-corrected chi connectivity index (χ2v) is 5.70. The molecule has 0 atom stereocenters. The maximum absolute atomic E-state index is 12.5. The number of likely N-dealkylation sites (N-methyl/N-ethyl adjacent to an activating group) is 1. The maximum Gasteiger partial charge on any atom is 0.258 e. The van der Waals surface area contributed by atoms with Gasteiger partial charge in [0.2, 0.25) is 5.91 Å². The molecule has 0 fully saturated rings. The molecule has 0 aliphatic carbocycles. The van der Waals surface area contributed by atoms with Gasteiger partial charge in [-0.05, 0) is 50.2 Å². The summed E-state index contributed by atoms with van der Waals surface area (Å²) in [5.41, 5.74) is 2.27. The summed E-state index contributed by atoms with van der Waals surface area (Å²) in [6.07, 6.45) is 0. The van der Waals surface area contributed by atoms with Gasteiger partial charge in [-0.25, -0.2) is 0 Å². The molecular weight excluding hydrogens is 314 g/mol. The van der Waals surface area contributed by atoms with E-state index in [2.05, 4.69) is 5.32 Å². The Hall–Kier alpha value is -2.82. The number of amides is 2. The first-order chi connectivity index (χ1) is 12.1. The molecule has 0 radical (unpaired) electrons. The largest absolute Gasteiger partial charge is 0.376 e. The van der Waals surface area contributed by atoms with Crippen LogP contribution in [0.1, 0.15) is 24.2 Å². The van der Waals surface area contributed by atoms with E-state index < -0.39 is 0 Å². The number of anilines is 2. The highest BCUT2D eigenvalue weighted by atomic mass is 16.2. The summed E-state index contributed by atoms with van der Waals surface area (Å²) in [5, 5.41) is 3.10. The van der Waals surface area contributed by atoms with Crippen molar-refractivity contribution >= 4 is 23.2 Å². The maximum atomic E-state index is 12.5. The van der Waals surface area contributed by atoms with Crippen molar-refractivity contribution < 1.29 is 9.59 Å². The first kappa shape index (κ1) is 18.5. The number of rotatable bonds is 7. The molecule has 1 N–H and O–H groups in total. The Labute approximate surface area is 149 Å². The Morgan fingerprint density at radius 3 is 2.08 bits per heavy atom. The van der Waals surface area contributed by atoms with Crippen LogP contribution in [0.25, 0.3) is 0 Å². The van der Waals surface area contributed by atoms with Gasteiger partial charge in [-0.1, -0.05) is 18.2 Å². The number of carbonyl (C=O) groups excluding carboxylic acids is 2. The SMILES string of the molecule is CCN(CC)C(=O)CNc1ccc(C(=O)N(C)c2ccccc2)cc1. The van der Waals surface area contributed by atoms with Crippen LogP contribution in [0.3, 0.4) is 0 Å². The minimum atomic E-state index is -0.0723. The molecule has 0 unspecified atom stereocenters. The highest BCUT2D eigenvalue weighted by Crippen LogP contribution is 2.16. The van der Waals surface area contributed by atoms with Gasteiger partial charge in [0.05, 0.1) is 6.54 Å². The number of hydrogen-bond donors (Lipinski definition) is 1. The van der Waals surface area contributed by atoms with Crippen LogP contribution in [-0.4, -0.2) is 43.4 Å². The van der Waals surface area contributed by atoms with Crippen LogP contribution in [-0.2, 0) is 4.79 Å². The van der Waals surface area contributed by atoms with E-state index in [1.165, 1.54) is 0 Å². The van der Waals surface area contributed by atoms with Gasteiger partial charge in [0, 0.05) is 37.1 Å². The van der Waals surface area contributed by atoms with Gasteiger partial charge in [-0.3, -0.25) is 9.59 Å². The fourth-order valence-corrected chi connectivity index (χ4v) is 2.56. The molecule has 2 amide bonds. The molecule has 0 aromatic heterocycles. The molecule has 2 aromatic carbocycles. The van der Waals surface area contributed by atoms with E-state index in [9.17, 15) is 9.59 Å². The first-order valence-corrected chi connectivity index (χ1v) is 8.51. The van der Waals surface area contributed by atoms with Crippen LogP contribution in [0, 0.1) is 0 Å². The Kier molecular flexibility index (Phi) is 6.57. The van der Waals surface area contributed by atoms with E-state index >= 15 is 0 Å². The quantitative estimate of drug-likeness (QED) is 0.842. The van der Waals surface area contributed by atoms with E-state index in [1.54, 1.807) is 29.0 Å². The lowest BCUT2D eigenvalue weighted by Gasteiger charge is -2.19. The molecule has 25 heavy (non-hydrogen) atoms. The van der Waals surface area contributed by atoms with Gasteiger partial charge in [0.15, 0.2) is 0 Å². The fourth-order valence-electron chi connectivity index (χ4n) is 2.56. The number of hydrogen-bond acceptors (Lipinski definition) is 3. The third kappa shape index (κ3) is 4.83. The minimum absolute atomic E-state index is 0.0639. The molecule has 0 saturated heterocycles. The van der Waals surface area contributed by atoms with Crippen LogP contribution < -0.4 is 10.2 Å². The van der Waals surface area contributed by atoms with Gasteiger partial charge in [0.25, 0.3) is 5.91 Å². The predicted octanol–water partition coefficient (Wildman–Crippen LogP) is 3.24. The van der Waals surface area contributed by atoms with Gasteiger partial charge < -0.3 is 15.1 Å². The van der Waals surface area contributed by atoms with Gasteiger partial charge >= 0.3 is 0 Å². The van der Waals surface area contributed by atoms with E-state index in [4.69, 9.17) is 0 Å². The summed E-state index contributed by atoms with van der Waals surface area (Å²) in [6.45, 7) is 5.58. The Bertz CT molecular complexity index is 695. The highest BCUT2D eigenvalue weighted by molar-refractivity contribution is 6.05. The third-order valence-electron chi connectivity index (χ3n) is 4.14. The molecule has 0 aliphatic heterocycles. The van der Waals surface area contributed by atoms with Gasteiger partial charge in [-0.2, -0.15) is 0 Å². The zero-order valence-corrected chi connectivity index (χ0v) is 15.0. The van der Waals surface area contributed by atoms with E-state index in [0.717, 1.165) is 11.4 Å². The van der Waals surface area contributed by atoms with Gasteiger partial charge in [-0.15, -0.1) is 0 Å². The zero-order chi connectivity index (χ0) is 18.2. The second kappa shape index (κ2) is 8.87. The first-order valence-electron chi connectivity index (χ1n) is 8.51. The van der Waals surface area contributed by atoms with Crippen LogP contribution in [0.4, 0.5) is 11.4 Å². The summed E-state index contributed by atoms with van der Waals surface area (Å²) >= 11 is 0. The molecule has 5 heteroatoms. The molecular formula is C20H25N3O2. The summed E-state index contributed by atoms with van der Waals surface area (Å²) in [7, 11) is 1.76. The number of carbonyl (C=O) groups is 2. The van der Waals surface area contributed by atoms with Crippen LogP contribution >= 0.6 is 0 Å². The average Bonchev–Trinajstić information content (AvgIpc) is 2.67. The van der Waals surface area contributed by atoms with Crippen molar-refractivity contribution in [2.75, 3.05) is 36.9 Å². The summed E-state index contributed by atoms with van der Waals surface area (Å²) < 4.78 is 0. The standard InChI is InChI=1S/C20H25N3O2/c1-4-23(5-2)19(24)15-21-17-13-11-16(12-14-17)20(25)22(3)18-9-7-6-8-10-18/h6-14,21H,4-5,15H2,1-3H3. The van der Waals surface area contributed by atoms with E-state index in [1.807, 2.05) is 56.3 Å². The smallest absolute Gasteiger partial charge is 0.258 e. The summed E-state index contributed by atoms with van der Waals surface area (Å²) in [6, 6.07) is 16.7. The minimum Gasteiger partial charge on any atom is -0.376 e. The molecule has 2 rings (SSSR count). The Balaban J connectivity index is 1.97. The summed E-state index contributed by atoms with van der Waals surface area (Å²) in [4.78, 5) is 27.9. The number of benzene rings is 2. The molecule has 2 aromatic rings. The molecule has 0 heterocycles. The Morgan fingerprint density at radius 1 is 0.920 bits per heavy atom. The lowest BCUT2D eigenvalue weighted by atomic mass is 10.1. The lowest BCUT2D eigenvalue weighted by molar-refractivity contribution is -0.128. The fraction of sp³-hybridized carbons (Fsp3) is 0.300. The molecule has 0 bridgehead atoms. The van der Waals surface area contributed by atoms with Gasteiger partial charge in [0.1, 0.15) is 0 Å². The monoisotopic (exact) mass is 339 g/mol. The molecule has 0 saturated carbocycles. The van der Waals surface area contributed by atoms with Crippen molar-refractivity contribution in [3.8, 4) is 0 Å². The van der Waals surface area contributed by atoms with Crippen molar-refractivity contribution in [2.45, 2.75) is 13.8 Å². The normalized spacial score (nSPS) is 10.2. The van der Waals surface area contributed by atoms with E-state index in [0.29, 0.717) is 18.7 Å². The van der Waals surface area contributed by atoms with Crippen molar-refractivity contribution in [3.05, 3.63) is 60.2 Å². The van der Waals surface area contributed by atoms with Crippen molar-refractivity contribution in [2.24, 2.45) is 0 Å². The molecule has 0 spiro atoms. The number of nitrogens with one attached hydrogen (secondary N) is 1. The molecule has 132 valence electrons. The second-order valence-electron chi connectivity index (χ2n) is 5.70. The highest BCUT2D eigenvalue weighted by Gasteiger charge is 2.13. The van der Waals surface area contributed by atoms with Crippen molar-refractivity contribution in [3.63, 3.8) is 0 Å². The number of para-hydroxylation sites is 1. The lowest BCUT2D eigenvalue weighted by Crippen LogP contribution is -2.35. The number of nitrogens with zero attached hydrogens (tertiary/aromatic N) is 2.